The lowest BCUT2D eigenvalue weighted by molar-refractivity contribution is -0.120. The van der Waals surface area contributed by atoms with Crippen molar-refractivity contribution in [3.05, 3.63) is 16.4 Å². The van der Waals surface area contributed by atoms with E-state index in [1.807, 2.05) is 0 Å². The van der Waals surface area contributed by atoms with Crippen LogP contribution in [0.5, 0.6) is 0 Å². The first-order valence-electron chi connectivity index (χ1n) is 6.12. The first-order valence-corrected chi connectivity index (χ1v) is 6.12. The minimum Gasteiger partial charge on any atom is -0.343 e. The molecule has 3 amide bonds. The molecule has 0 saturated heterocycles. The minimum atomic E-state index is -0.984. The highest BCUT2D eigenvalue weighted by atomic mass is 16.3. The number of hydrogen-bond donors (Lipinski definition) is 0. The first-order chi connectivity index (χ1) is 9.76. The van der Waals surface area contributed by atoms with Crippen molar-refractivity contribution in [1.82, 2.24) is 14.5 Å². The van der Waals surface area contributed by atoms with E-state index in [9.17, 15) is 19.3 Å². The number of imidazole rings is 1. The Bertz CT molecular complexity index is 593. The molecular weight excluding hydrogens is 278 g/mol. The van der Waals surface area contributed by atoms with E-state index >= 15 is 0 Å². The molecule has 0 fully saturated rings. The molecule has 1 unspecified atom stereocenters. The number of amides is 3. The number of carbonyl (C=O) groups excluding carboxylic acids is 3. The number of rotatable bonds is 5. The summed E-state index contributed by atoms with van der Waals surface area (Å²) in [7, 11) is 4.50. The van der Waals surface area contributed by atoms with Crippen LogP contribution in [0.3, 0.4) is 0 Å². The number of anilines is 1. The van der Waals surface area contributed by atoms with Crippen LogP contribution in [0.1, 0.15) is 29.3 Å². The standard InChI is InChI=1S/C12H17N5O4/c1-7(11(19)14-21)17-8(2)13-10(16(5)6-18)9(17)12(20)15(3)4/h6-7H,1-5H3. The third-order valence-corrected chi connectivity index (χ3v) is 3.00. The molecule has 1 heterocycles. The summed E-state index contributed by atoms with van der Waals surface area (Å²) >= 11 is 0. The van der Waals surface area contributed by atoms with E-state index in [4.69, 9.17) is 0 Å². The zero-order valence-electron chi connectivity index (χ0n) is 12.5. The van der Waals surface area contributed by atoms with Crippen molar-refractivity contribution in [3.63, 3.8) is 0 Å². The molecule has 1 aromatic heterocycles. The molecule has 1 rings (SSSR count). The van der Waals surface area contributed by atoms with Gasteiger partial charge in [-0.2, -0.15) is 0 Å². The van der Waals surface area contributed by atoms with Crippen LogP contribution in [-0.4, -0.2) is 53.8 Å². The Morgan fingerprint density at radius 2 is 1.90 bits per heavy atom. The molecule has 0 saturated carbocycles. The lowest BCUT2D eigenvalue weighted by Gasteiger charge is -2.18. The maximum atomic E-state index is 12.3. The van der Waals surface area contributed by atoms with Gasteiger partial charge in [-0.1, -0.05) is 0 Å². The second-order valence-corrected chi connectivity index (χ2v) is 4.72. The number of carbonyl (C=O) groups is 3. The quantitative estimate of drug-likeness (QED) is 0.575. The fraction of sp³-hybridized carbons (Fsp3) is 0.500. The summed E-state index contributed by atoms with van der Waals surface area (Å²) in [6.07, 6.45) is 0.503. The molecule has 1 aromatic rings. The van der Waals surface area contributed by atoms with Crippen LogP contribution < -0.4 is 4.90 Å². The van der Waals surface area contributed by atoms with Gasteiger partial charge in [0.25, 0.3) is 5.91 Å². The summed E-state index contributed by atoms with van der Waals surface area (Å²) < 4.78 is 1.31. The van der Waals surface area contributed by atoms with Crippen LogP contribution in [-0.2, 0) is 9.59 Å². The summed E-state index contributed by atoms with van der Waals surface area (Å²) in [4.78, 5) is 51.8. The molecule has 9 heteroatoms. The van der Waals surface area contributed by atoms with Crippen LogP contribution in [0, 0.1) is 11.8 Å². The number of aryl methyl sites for hydroxylation is 1. The average Bonchev–Trinajstić information content (AvgIpc) is 2.80. The Hall–Kier alpha value is -2.58. The smallest absolute Gasteiger partial charge is 0.308 e. The number of hydrogen-bond acceptors (Lipinski definition) is 5. The lowest BCUT2D eigenvalue weighted by atomic mass is 10.2. The van der Waals surface area contributed by atoms with Crippen molar-refractivity contribution < 1.29 is 14.4 Å². The summed E-state index contributed by atoms with van der Waals surface area (Å²) in [6, 6.07) is -0.984. The topological polar surface area (TPSA) is 105 Å². The molecule has 0 aliphatic rings. The maximum absolute atomic E-state index is 12.3. The van der Waals surface area contributed by atoms with E-state index in [1.165, 1.54) is 37.5 Å². The number of nitroso groups, excluding NO2 is 1. The number of aromatic nitrogens is 2. The van der Waals surface area contributed by atoms with Gasteiger partial charge in [0.05, 0.1) is 0 Å². The summed E-state index contributed by atoms with van der Waals surface area (Å²) in [6.45, 7) is 3.01. The van der Waals surface area contributed by atoms with Crippen LogP contribution in [0.2, 0.25) is 0 Å². The van der Waals surface area contributed by atoms with Crippen molar-refractivity contribution in [1.29, 1.82) is 0 Å². The van der Waals surface area contributed by atoms with Crippen LogP contribution in [0.15, 0.2) is 5.18 Å². The molecule has 0 aliphatic heterocycles. The highest BCUT2D eigenvalue weighted by Crippen LogP contribution is 2.25. The fourth-order valence-corrected chi connectivity index (χ4v) is 1.90. The molecule has 0 aliphatic carbocycles. The van der Waals surface area contributed by atoms with Gasteiger partial charge in [-0.3, -0.25) is 14.4 Å². The molecule has 21 heavy (non-hydrogen) atoms. The van der Waals surface area contributed by atoms with Gasteiger partial charge in [0.1, 0.15) is 11.9 Å². The highest BCUT2D eigenvalue weighted by molar-refractivity contribution is 6.00. The average molecular weight is 295 g/mol. The Morgan fingerprint density at radius 1 is 1.33 bits per heavy atom. The van der Waals surface area contributed by atoms with Gasteiger partial charge in [-0.05, 0) is 13.8 Å². The van der Waals surface area contributed by atoms with Crippen molar-refractivity contribution in [2.45, 2.75) is 19.9 Å². The molecule has 114 valence electrons. The van der Waals surface area contributed by atoms with Crippen LogP contribution in [0.25, 0.3) is 0 Å². The first kappa shape index (κ1) is 16.5. The van der Waals surface area contributed by atoms with E-state index in [2.05, 4.69) is 10.2 Å². The van der Waals surface area contributed by atoms with Gasteiger partial charge < -0.3 is 14.4 Å². The maximum Gasteiger partial charge on any atom is 0.308 e. The Labute approximate surface area is 121 Å². The Morgan fingerprint density at radius 3 is 2.33 bits per heavy atom. The molecule has 0 spiro atoms. The van der Waals surface area contributed by atoms with E-state index in [1.54, 1.807) is 6.92 Å². The summed E-state index contributed by atoms with van der Waals surface area (Å²) in [5.41, 5.74) is 0.0524. The third-order valence-electron chi connectivity index (χ3n) is 3.00. The van der Waals surface area contributed by atoms with Gasteiger partial charge in [0.15, 0.2) is 11.5 Å². The zero-order chi connectivity index (χ0) is 16.3. The zero-order valence-corrected chi connectivity index (χ0v) is 12.5. The number of nitrogens with zero attached hydrogens (tertiary/aromatic N) is 5. The molecule has 1 atom stereocenters. The summed E-state index contributed by atoms with van der Waals surface area (Å²) in [5, 5.41) is 2.38. The second-order valence-electron chi connectivity index (χ2n) is 4.72. The van der Waals surface area contributed by atoms with E-state index < -0.39 is 17.9 Å². The van der Waals surface area contributed by atoms with Gasteiger partial charge in [-0.25, -0.2) is 4.98 Å². The summed E-state index contributed by atoms with van der Waals surface area (Å²) in [5.74, 6) is -0.923. The van der Waals surface area contributed by atoms with Crippen molar-refractivity contribution in [2.24, 2.45) is 5.18 Å². The van der Waals surface area contributed by atoms with Crippen molar-refractivity contribution in [3.8, 4) is 0 Å². The fourth-order valence-electron chi connectivity index (χ4n) is 1.90. The predicted molar refractivity (Wildman–Crippen MR) is 75.0 cm³/mol. The van der Waals surface area contributed by atoms with Gasteiger partial charge in [0, 0.05) is 26.3 Å². The molecular formula is C12H17N5O4. The molecule has 0 N–H and O–H groups in total. The SMILES string of the molecule is Cc1nc(N(C)C=O)c(C(=O)N(C)C)n1C(C)C(=O)N=O. The van der Waals surface area contributed by atoms with Gasteiger partial charge >= 0.3 is 5.91 Å². The normalized spacial score (nSPS) is 11.7. The Balaban J connectivity index is 3.59. The van der Waals surface area contributed by atoms with Crippen molar-refractivity contribution in [2.75, 3.05) is 26.0 Å². The lowest BCUT2D eigenvalue weighted by Crippen LogP contribution is -2.30. The third kappa shape index (κ3) is 2.96. The van der Waals surface area contributed by atoms with E-state index in [0.717, 1.165) is 4.90 Å². The second kappa shape index (κ2) is 6.25. The van der Waals surface area contributed by atoms with Crippen LogP contribution >= 0.6 is 0 Å². The van der Waals surface area contributed by atoms with E-state index in [0.29, 0.717) is 12.2 Å². The molecule has 0 aromatic carbocycles. The van der Waals surface area contributed by atoms with Crippen molar-refractivity contribution >= 4 is 24.0 Å². The Kier molecular flexibility index (Phi) is 4.90. The highest BCUT2D eigenvalue weighted by Gasteiger charge is 2.30. The molecule has 0 bridgehead atoms. The van der Waals surface area contributed by atoms with Gasteiger partial charge in [-0.15, -0.1) is 4.91 Å². The van der Waals surface area contributed by atoms with Gasteiger partial charge in [0.2, 0.25) is 6.41 Å². The monoisotopic (exact) mass is 295 g/mol. The predicted octanol–water partition coefficient (Wildman–Crippen LogP) is 0.340. The van der Waals surface area contributed by atoms with Crippen LogP contribution in [0.4, 0.5) is 5.82 Å². The minimum absolute atomic E-state index is 0.0524. The molecule has 9 nitrogen and oxygen atoms in total. The molecule has 0 radical (unpaired) electrons. The largest absolute Gasteiger partial charge is 0.343 e. The van der Waals surface area contributed by atoms with E-state index in [-0.39, 0.29) is 11.5 Å².